The highest BCUT2D eigenvalue weighted by atomic mass is 35.5. The van der Waals surface area contributed by atoms with E-state index >= 15 is 0 Å². The maximum absolute atomic E-state index is 13.5. The van der Waals surface area contributed by atoms with Crippen LogP contribution in [0.15, 0.2) is 77.7 Å². The molecule has 3 rings (SSSR count). The summed E-state index contributed by atoms with van der Waals surface area (Å²) >= 11 is 5.94. The van der Waals surface area contributed by atoms with Crippen LogP contribution in [0.5, 0.6) is 5.75 Å². The lowest BCUT2D eigenvalue weighted by atomic mass is 10.1. The number of carbonyl (C=O) groups excluding carboxylic acids is 1. The molecule has 0 unspecified atom stereocenters. The van der Waals surface area contributed by atoms with Crippen molar-refractivity contribution in [2.45, 2.75) is 38.1 Å². The van der Waals surface area contributed by atoms with Gasteiger partial charge in [-0.05, 0) is 79.9 Å². The first kappa shape index (κ1) is 25.6. The molecule has 0 spiro atoms. The Hall–Kier alpha value is -3.03. The van der Waals surface area contributed by atoms with E-state index in [0.717, 1.165) is 16.3 Å². The minimum atomic E-state index is -4.03. The number of nitrogens with one attached hydrogen (secondary N) is 1. The highest BCUT2D eigenvalue weighted by molar-refractivity contribution is 7.92. The molecule has 3 aromatic rings. The first-order valence-electron chi connectivity index (χ1n) is 11.1. The molecule has 0 saturated carbocycles. The predicted octanol–water partition coefficient (Wildman–Crippen LogP) is 5.37. The molecule has 1 amide bonds. The third kappa shape index (κ3) is 6.30. The third-order valence-corrected chi connectivity index (χ3v) is 7.43. The maximum atomic E-state index is 13.5. The summed E-state index contributed by atoms with van der Waals surface area (Å²) in [6.07, 6.45) is 0.931. The molecule has 0 fully saturated rings. The number of anilines is 1. The van der Waals surface area contributed by atoms with Crippen LogP contribution in [0.2, 0.25) is 5.02 Å². The summed E-state index contributed by atoms with van der Waals surface area (Å²) in [7, 11) is -4.03. The Kier molecular flexibility index (Phi) is 8.58. The van der Waals surface area contributed by atoms with Gasteiger partial charge in [0.2, 0.25) is 5.91 Å². The van der Waals surface area contributed by atoms with E-state index in [4.69, 9.17) is 16.3 Å². The fourth-order valence-corrected chi connectivity index (χ4v) is 5.01. The third-order valence-electron chi connectivity index (χ3n) is 5.39. The van der Waals surface area contributed by atoms with E-state index in [2.05, 4.69) is 12.2 Å². The van der Waals surface area contributed by atoms with Crippen molar-refractivity contribution in [3.05, 3.63) is 88.9 Å². The number of hydrogen-bond acceptors (Lipinski definition) is 4. The van der Waals surface area contributed by atoms with E-state index in [-0.39, 0.29) is 17.5 Å². The number of rotatable bonds is 10. The summed E-state index contributed by atoms with van der Waals surface area (Å²) in [5.41, 5.74) is 2.50. The predicted molar refractivity (Wildman–Crippen MR) is 136 cm³/mol. The zero-order valence-electron chi connectivity index (χ0n) is 19.5. The molecule has 6 nitrogen and oxygen atoms in total. The molecule has 1 atom stereocenters. The van der Waals surface area contributed by atoms with Gasteiger partial charge in [0.1, 0.15) is 12.3 Å². The molecule has 3 aromatic carbocycles. The van der Waals surface area contributed by atoms with Crippen LogP contribution in [0.4, 0.5) is 5.69 Å². The Morgan fingerprint density at radius 2 is 1.59 bits per heavy atom. The molecule has 0 heterocycles. The van der Waals surface area contributed by atoms with Crippen LogP contribution in [0, 0.1) is 0 Å². The number of amides is 1. The van der Waals surface area contributed by atoms with Crippen molar-refractivity contribution >= 4 is 33.2 Å². The smallest absolute Gasteiger partial charge is 0.264 e. The van der Waals surface area contributed by atoms with Gasteiger partial charge >= 0.3 is 0 Å². The van der Waals surface area contributed by atoms with Gasteiger partial charge in [0.25, 0.3) is 10.0 Å². The largest absolute Gasteiger partial charge is 0.494 e. The van der Waals surface area contributed by atoms with E-state index in [1.54, 1.807) is 24.3 Å². The van der Waals surface area contributed by atoms with Crippen LogP contribution in [0.3, 0.4) is 0 Å². The second-order valence-electron chi connectivity index (χ2n) is 7.78. The van der Waals surface area contributed by atoms with Crippen LogP contribution in [0.1, 0.15) is 37.9 Å². The normalized spacial score (nSPS) is 12.1. The van der Waals surface area contributed by atoms with Crippen molar-refractivity contribution in [2.24, 2.45) is 0 Å². The molecule has 0 aliphatic heterocycles. The first-order valence-corrected chi connectivity index (χ1v) is 13.0. The Morgan fingerprint density at radius 1 is 0.971 bits per heavy atom. The van der Waals surface area contributed by atoms with Crippen molar-refractivity contribution in [1.29, 1.82) is 0 Å². The van der Waals surface area contributed by atoms with E-state index in [0.29, 0.717) is 23.1 Å². The van der Waals surface area contributed by atoms with Crippen LogP contribution in [-0.4, -0.2) is 27.5 Å². The Labute approximate surface area is 206 Å². The Morgan fingerprint density at radius 3 is 2.15 bits per heavy atom. The standard InChI is InChI=1S/C26H29ClN2O4S/c1-4-20-6-8-21(9-7-20)19(3)28-26(30)18-29(23-12-14-24(15-13-23)33-5-2)34(31,32)25-16-10-22(27)11-17-25/h6-17,19H,4-5,18H2,1-3H3,(H,28,30)/t19-/m0/s1. The summed E-state index contributed by atoms with van der Waals surface area (Å²) in [4.78, 5) is 13.0. The minimum absolute atomic E-state index is 0.0433. The number of ether oxygens (including phenoxy) is 1. The quantitative estimate of drug-likeness (QED) is 0.406. The fourth-order valence-electron chi connectivity index (χ4n) is 3.47. The average Bonchev–Trinajstić information content (AvgIpc) is 2.83. The molecule has 8 heteroatoms. The van der Waals surface area contributed by atoms with Crippen molar-refractivity contribution in [3.8, 4) is 5.75 Å². The summed E-state index contributed by atoms with van der Waals surface area (Å²) in [5.74, 6) is 0.196. The number of benzene rings is 3. The SMILES string of the molecule is CCOc1ccc(N(CC(=O)N[C@@H](C)c2ccc(CC)cc2)S(=O)(=O)c2ccc(Cl)cc2)cc1. The number of halogens is 1. The van der Waals surface area contributed by atoms with Gasteiger partial charge in [0.15, 0.2) is 0 Å². The molecule has 0 bridgehead atoms. The molecule has 0 aromatic heterocycles. The van der Waals surface area contributed by atoms with E-state index in [1.807, 2.05) is 38.1 Å². The number of aryl methyl sites for hydroxylation is 1. The molecule has 0 aliphatic rings. The summed E-state index contributed by atoms with van der Waals surface area (Å²) < 4.78 is 33.5. The van der Waals surface area contributed by atoms with Gasteiger partial charge in [-0.1, -0.05) is 42.8 Å². The lowest BCUT2D eigenvalue weighted by Crippen LogP contribution is -2.41. The van der Waals surface area contributed by atoms with Gasteiger partial charge in [0.05, 0.1) is 23.2 Å². The van der Waals surface area contributed by atoms with Gasteiger partial charge in [-0.3, -0.25) is 9.10 Å². The maximum Gasteiger partial charge on any atom is 0.264 e. The minimum Gasteiger partial charge on any atom is -0.494 e. The van der Waals surface area contributed by atoms with Gasteiger partial charge in [-0.2, -0.15) is 0 Å². The lowest BCUT2D eigenvalue weighted by Gasteiger charge is -2.25. The number of sulfonamides is 1. The van der Waals surface area contributed by atoms with Crippen molar-refractivity contribution in [1.82, 2.24) is 5.32 Å². The van der Waals surface area contributed by atoms with Crippen molar-refractivity contribution in [3.63, 3.8) is 0 Å². The average molecular weight is 501 g/mol. The van der Waals surface area contributed by atoms with Crippen LogP contribution in [-0.2, 0) is 21.2 Å². The molecular formula is C26H29ClN2O4S. The second-order valence-corrected chi connectivity index (χ2v) is 10.1. The molecule has 0 radical (unpaired) electrons. The topological polar surface area (TPSA) is 75.7 Å². The summed E-state index contributed by atoms with van der Waals surface area (Å²) in [5, 5.41) is 3.33. The molecule has 0 saturated heterocycles. The summed E-state index contributed by atoms with van der Waals surface area (Å²) in [6, 6.07) is 20.2. The second kappa shape index (κ2) is 11.4. The van der Waals surface area contributed by atoms with Gasteiger partial charge in [0, 0.05) is 5.02 Å². The highest BCUT2D eigenvalue weighted by Gasteiger charge is 2.28. The molecular weight excluding hydrogens is 472 g/mol. The summed E-state index contributed by atoms with van der Waals surface area (Å²) in [6.45, 7) is 5.93. The highest BCUT2D eigenvalue weighted by Crippen LogP contribution is 2.27. The van der Waals surface area contributed by atoms with Crippen LogP contribution >= 0.6 is 11.6 Å². The first-order chi connectivity index (χ1) is 16.2. The Bertz CT molecular complexity index is 1200. The van der Waals surface area contributed by atoms with Crippen LogP contribution in [0.25, 0.3) is 0 Å². The van der Waals surface area contributed by atoms with E-state index < -0.39 is 15.9 Å². The molecule has 0 aliphatic carbocycles. The van der Waals surface area contributed by atoms with Crippen molar-refractivity contribution in [2.75, 3.05) is 17.5 Å². The fraction of sp³-hybridized carbons (Fsp3) is 0.269. The van der Waals surface area contributed by atoms with E-state index in [9.17, 15) is 13.2 Å². The zero-order chi connectivity index (χ0) is 24.7. The Balaban J connectivity index is 1.86. The van der Waals surface area contributed by atoms with Gasteiger partial charge in [-0.25, -0.2) is 8.42 Å². The lowest BCUT2D eigenvalue weighted by molar-refractivity contribution is -0.120. The zero-order valence-corrected chi connectivity index (χ0v) is 21.1. The van der Waals surface area contributed by atoms with Crippen LogP contribution < -0.4 is 14.4 Å². The number of carbonyl (C=O) groups is 1. The van der Waals surface area contributed by atoms with Crippen molar-refractivity contribution < 1.29 is 17.9 Å². The molecule has 1 N–H and O–H groups in total. The van der Waals surface area contributed by atoms with E-state index in [1.165, 1.54) is 29.8 Å². The number of hydrogen-bond donors (Lipinski definition) is 1. The van der Waals surface area contributed by atoms with Gasteiger partial charge < -0.3 is 10.1 Å². The number of nitrogens with zero attached hydrogens (tertiary/aromatic N) is 1. The molecule has 180 valence electrons. The monoisotopic (exact) mass is 500 g/mol. The van der Waals surface area contributed by atoms with Gasteiger partial charge in [-0.15, -0.1) is 0 Å². The molecule has 34 heavy (non-hydrogen) atoms.